The van der Waals surface area contributed by atoms with Crippen LogP contribution < -0.4 is 5.32 Å². The minimum absolute atomic E-state index is 0.0208. The lowest BCUT2D eigenvalue weighted by Gasteiger charge is -2.22. The quantitative estimate of drug-likeness (QED) is 0.813. The molecule has 0 saturated heterocycles. The number of H-pyrrole nitrogens is 1. The third-order valence-electron chi connectivity index (χ3n) is 4.27. The summed E-state index contributed by atoms with van der Waals surface area (Å²) in [5.41, 5.74) is 1.31. The van der Waals surface area contributed by atoms with E-state index in [2.05, 4.69) is 27.0 Å². The molecule has 8 heteroatoms. The highest BCUT2D eigenvalue weighted by Gasteiger charge is 2.28. The zero-order valence-corrected chi connectivity index (χ0v) is 14.2. The van der Waals surface area contributed by atoms with Crippen molar-refractivity contribution >= 4 is 29.5 Å². The van der Waals surface area contributed by atoms with E-state index in [1.807, 2.05) is 4.57 Å². The number of aromatic amines is 1. The molecule has 0 spiro atoms. The van der Waals surface area contributed by atoms with Gasteiger partial charge in [-0.1, -0.05) is 0 Å². The Balaban J connectivity index is 1.37. The molecule has 2 aromatic rings. The van der Waals surface area contributed by atoms with E-state index in [9.17, 15) is 4.79 Å². The Kier molecular flexibility index (Phi) is 4.04. The van der Waals surface area contributed by atoms with Crippen LogP contribution in [0.2, 0.25) is 0 Å². The van der Waals surface area contributed by atoms with Crippen LogP contribution in [-0.2, 0) is 22.5 Å². The van der Waals surface area contributed by atoms with E-state index >= 15 is 0 Å². The minimum Gasteiger partial charge on any atom is -0.372 e. The molecule has 2 N–H and O–H groups in total. The summed E-state index contributed by atoms with van der Waals surface area (Å²) in [4.78, 5) is 13.4. The normalized spacial score (nSPS) is 20.3. The van der Waals surface area contributed by atoms with Crippen molar-refractivity contribution in [3.8, 4) is 0 Å². The van der Waals surface area contributed by atoms with Crippen molar-refractivity contribution < 1.29 is 9.53 Å². The highest BCUT2D eigenvalue weighted by molar-refractivity contribution is 7.71. The standard InChI is InChI=1S/C15H18N4O2S2/c20-13(7-11-14-9(3-5-21-11)4-6-23-14)16-8-12-17-18-15(22)19(12)10-1-2-10/h4,6,10-11H,1-3,5,7-8H2,(H,16,20)(H,18,22)/t11-/m1/s1. The molecule has 2 aromatic heterocycles. The van der Waals surface area contributed by atoms with Crippen LogP contribution in [0.15, 0.2) is 11.4 Å². The summed E-state index contributed by atoms with van der Waals surface area (Å²) in [7, 11) is 0. The SMILES string of the molecule is O=C(C[C@H]1OCCc2ccsc21)NCc1n[nH]c(=S)n1C1CC1. The van der Waals surface area contributed by atoms with Crippen molar-refractivity contribution in [1.29, 1.82) is 0 Å². The van der Waals surface area contributed by atoms with Crippen molar-refractivity contribution in [2.75, 3.05) is 6.61 Å². The molecule has 2 aliphatic rings. The van der Waals surface area contributed by atoms with E-state index in [1.54, 1.807) is 11.3 Å². The monoisotopic (exact) mass is 350 g/mol. The van der Waals surface area contributed by atoms with Crippen LogP contribution in [0.4, 0.5) is 0 Å². The van der Waals surface area contributed by atoms with Crippen LogP contribution in [0, 0.1) is 4.77 Å². The van der Waals surface area contributed by atoms with Gasteiger partial charge in [-0.25, -0.2) is 0 Å². The molecule has 23 heavy (non-hydrogen) atoms. The second kappa shape index (κ2) is 6.18. The van der Waals surface area contributed by atoms with Gasteiger partial charge in [-0.3, -0.25) is 14.5 Å². The molecule has 0 radical (unpaired) electrons. The first kappa shape index (κ1) is 15.0. The second-order valence-electron chi connectivity index (χ2n) is 5.95. The Morgan fingerprint density at radius 2 is 2.43 bits per heavy atom. The zero-order valence-electron chi connectivity index (χ0n) is 12.6. The maximum absolute atomic E-state index is 12.3. The number of hydrogen-bond donors (Lipinski definition) is 2. The number of nitrogens with zero attached hydrogens (tertiary/aromatic N) is 2. The van der Waals surface area contributed by atoms with E-state index < -0.39 is 0 Å². The number of amides is 1. The van der Waals surface area contributed by atoms with Gasteiger partial charge in [0.05, 0.1) is 19.6 Å². The Morgan fingerprint density at radius 1 is 1.57 bits per heavy atom. The molecule has 122 valence electrons. The summed E-state index contributed by atoms with van der Waals surface area (Å²) in [6.07, 6.45) is 3.43. The second-order valence-corrected chi connectivity index (χ2v) is 7.28. The Hall–Kier alpha value is -1.51. The molecule has 0 bridgehead atoms. The Labute approximate surface area is 142 Å². The van der Waals surface area contributed by atoms with Crippen molar-refractivity contribution in [2.45, 2.75) is 44.4 Å². The summed E-state index contributed by atoms with van der Waals surface area (Å²) < 4.78 is 8.42. The molecule has 0 aromatic carbocycles. The highest BCUT2D eigenvalue weighted by Crippen LogP contribution is 2.36. The first-order valence-electron chi connectivity index (χ1n) is 7.82. The van der Waals surface area contributed by atoms with Crippen LogP contribution >= 0.6 is 23.6 Å². The van der Waals surface area contributed by atoms with Gasteiger partial charge >= 0.3 is 0 Å². The molecule has 1 aliphatic carbocycles. The van der Waals surface area contributed by atoms with Crippen molar-refractivity contribution in [2.24, 2.45) is 0 Å². The number of aromatic nitrogens is 3. The summed E-state index contributed by atoms with van der Waals surface area (Å²) in [5, 5.41) is 12.0. The van der Waals surface area contributed by atoms with E-state index in [0.717, 1.165) is 25.1 Å². The van der Waals surface area contributed by atoms with Gasteiger partial charge in [0.25, 0.3) is 0 Å². The molecule has 1 fully saturated rings. The average Bonchev–Trinajstić information content (AvgIpc) is 3.12. The molecule has 3 heterocycles. The van der Waals surface area contributed by atoms with Crippen molar-refractivity contribution in [3.05, 3.63) is 32.5 Å². The van der Waals surface area contributed by atoms with Crippen LogP contribution in [0.3, 0.4) is 0 Å². The van der Waals surface area contributed by atoms with Gasteiger partial charge in [0, 0.05) is 10.9 Å². The Morgan fingerprint density at radius 3 is 3.26 bits per heavy atom. The topological polar surface area (TPSA) is 71.9 Å². The summed E-state index contributed by atoms with van der Waals surface area (Å²) in [6, 6.07) is 2.57. The van der Waals surface area contributed by atoms with E-state index in [4.69, 9.17) is 17.0 Å². The summed E-state index contributed by atoms with van der Waals surface area (Å²) in [5.74, 6) is 0.778. The van der Waals surface area contributed by atoms with Gasteiger partial charge < -0.3 is 10.1 Å². The number of hydrogen-bond acceptors (Lipinski definition) is 5. The fourth-order valence-corrected chi connectivity index (χ4v) is 4.27. The third-order valence-corrected chi connectivity index (χ3v) is 5.61. The number of rotatable bonds is 5. The molecule has 6 nitrogen and oxygen atoms in total. The predicted octanol–water partition coefficient (Wildman–Crippen LogP) is 2.66. The lowest BCUT2D eigenvalue weighted by molar-refractivity contribution is -0.124. The van der Waals surface area contributed by atoms with Gasteiger partial charge in [-0.05, 0) is 48.5 Å². The fourth-order valence-electron chi connectivity index (χ4n) is 2.96. The van der Waals surface area contributed by atoms with Gasteiger partial charge in [0.2, 0.25) is 5.91 Å². The van der Waals surface area contributed by atoms with E-state index in [-0.39, 0.29) is 12.0 Å². The van der Waals surface area contributed by atoms with Crippen molar-refractivity contribution in [1.82, 2.24) is 20.1 Å². The first-order chi connectivity index (χ1) is 11.2. The number of nitrogens with one attached hydrogen (secondary N) is 2. The fraction of sp³-hybridized carbons (Fsp3) is 0.533. The largest absolute Gasteiger partial charge is 0.372 e. The number of carbonyl (C=O) groups excluding carboxylic acids is 1. The van der Waals surface area contributed by atoms with Crippen LogP contribution in [0.25, 0.3) is 0 Å². The summed E-state index contributed by atoms with van der Waals surface area (Å²) in [6.45, 7) is 1.08. The molecular weight excluding hydrogens is 332 g/mol. The molecule has 1 aliphatic heterocycles. The number of carbonyl (C=O) groups is 1. The smallest absolute Gasteiger partial charge is 0.223 e. The number of fused-ring (bicyclic) bond motifs is 1. The number of thiophene rings is 1. The van der Waals surface area contributed by atoms with Gasteiger partial charge in [-0.15, -0.1) is 11.3 Å². The third kappa shape index (κ3) is 3.11. The lowest BCUT2D eigenvalue weighted by Crippen LogP contribution is -2.28. The summed E-state index contributed by atoms with van der Waals surface area (Å²) >= 11 is 6.91. The molecule has 1 amide bonds. The van der Waals surface area contributed by atoms with Gasteiger partial charge in [0.15, 0.2) is 10.6 Å². The highest BCUT2D eigenvalue weighted by atomic mass is 32.1. The molecule has 4 rings (SSSR count). The zero-order chi connectivity index (χ0) is 15.8. The molecule has 1 saturated carbocycles. The lowest BCUT2D eigenvalue weighted by atomic mass is 10.1. The van der Waals surface area contributed by atoms with E-state index in [1.165, 1.54) is 10.4 Å². The van der Waals surface area contributed by atoms with Gasteiger partial charge in [-0.2, -0.15) is 5.10 Å². The van der Waals surface area contributed by atoms with Gasteiger partial charge in [0.1, 0.15) is 6.10 Å². The Bertz CT molecular complexity index is 775. The maximum atomic E-state index is 12.3. The van der Waals surface area contributed by atoms with Crippen LogP contribution in [0.5, 0.6) is 0 Å². The van der Waals surface area contributed by atoms with E-state index in [0.29, 0.717) is 30.4 Å². The minimum atomic E-state index is -0.122. The van der Waals surface area contributed by atoms with Crippen LogP contribution in [0.1, 0.15) is 47.7 Å². The van der Waals surface area contributed by atoms with Crippen LogP contribution in [-0.4, -0.2) is 27.3 Å². The average molecular weight is 350 g/mol. The molecular formula is C15H18N4O2S2. The molecule has 0 unspecified atom stereocenters. The van der Waals surface area contributed by atoms with Crippen molar-refractivity contribution in [3.63, 3.8) is 0 Å². The molecule has 1 atom stereocenters. The predicted molar refractivity (Wildman–Crippen MR) is 88.9 cm³/mol. The maximum Gasteiger partial charge on any atom is 0.223 e. The first-order valence-corrected chi connectivity index (χ1v) is 9.11. The number of ether oxygens (including phenoxy) is 1.